The zero-order valence-electron chi connectivity index (χ0n) is 9.35. The van der Waals surface area contributed by atoms with Crippen molar-refractivity contribution < 1.29 is 4.79 Å². The molecule has 0 saturated heterocycles. The molecule has 0 aliphatic heterocycles. The van der Waals surface area contributed by atoms with Crippen molar-refractivity contribution in [2.75, 3.05) is 6.54 Å². The van der Waals surface area contributed by atoms with Crippen LogP contribution in [0.25, 0.3) is 0 Å². The van der Waals surface area contributed by atoms with Crippen LogP contribution in [0.4, 0.5) is 0 Å². The highest BCUT2D eigenvalue weighted by Crippen LogP contribution is 2.07. The molecular formula is C11H24N2O. The standard InChI is InChI=1S/C10H23N.CHNO/c1-2-3-4-5-6-7-8-9-10-11;2-1-3/h2-11H2,1H3;2H. The highest BCUT2D eigenvalue weighted by Gasteiger charge is 1.89. The van der Waals surface area contributed by atoms with E-state index in [0.29, 0.717) is 0 Å². The fourth-order valence-electron chi connectivity index (χ4n) is 1.28. The van der Waals surface area contributed by atoms with Crippen molar-refractivity contribution in [3.8, 4) is 0 Å². The number of hydrogen-bond acceptors (Lipinski definition) is 3. The molecule has 0 fully saturated rings. The van der Waals surface area contributed by atoms with Gasteiger partial charge in [0.1, 0.15) is 0 Å². The first-order valence-corrected chi connectivity index (χ1v) is 5.57. The van der Waals surface area contributed by atoms with Gasteiger partial charge in [-0.05, 0) is 13.0 Å². The summed E-state index contributed by atoms with van der Waals surface area (Å²) in [6, 6.07) is 0. The first-order chi connectivity index (χ1) is 6.83. The lowest BCUT2D eigenvalue weighted by atomic mass is 10.1. The van der Waals surface area contributed by atoms with Crippen molar-refractivity contribution >= 4 is 6.08 Å². The van der Waals surface area contributed by atoms with Gasteiger partial charge in [-0.15, -0.1) is 0 Å². The molecule has 3 N–H and O–H groups in total. The smallest absolute Gasteiger partial charge is 0.231 e. The zero-order chi connectivity index (χ0) is 11.1. The molecule has 14 heavy (non-hydrogen) atoms. The lowest BCUT2D eigenvalue weighted by molar-refractivity contribution is 0.563. The Hall–Kier alpha value is -0.660. The van der Waals surface area contributed by atoms with E-state index in [9.17, 15) is 0 Å². The topological polar surface area (TPSA) is 66.9 Å². The number of isocyanates is 1. The van der Waals surface area contributed by atoms with Gasteiger partial charge in [-0.1, -0.05) is 51.9 Å². The number of carbonyl (C=O) groups excluding carboxylic acids is 1. The van der Waals surface area contributed by atoms with Gasteiger partial charge in [-0.25, -0.2) is 10.2 Å². The number of nitrogens with two attached hydrogens (primary N) is 1. The van der Waals surface area contributed by atoms with E-state index in [-0.39, 0.29) is 0 Å². The van der Waals surface area contributed by atoms with Gasteiger partial charge in [0, 0.05) is 0 Å². The second-order valence-corrected chi connectivity index (χ2v) is 3.37. The summed E-state index contributed by atoms with van der Waals surface area (Å²) in [4.78, 5) is 8.35. The molecule has 0 aromatic heterocycles. The van der Waals surface area contributed by atoms with Gasteiger partial charge in [0.25, 0.3) is 0 Å². The van der Waals surface area contributed by atoms with Crippen LogP contribution in [0.15, 0.2) is 0 Å². The van der Waals surface area contributed by atoms with Crippen LogP contribution in [-0.2, 0) is 4.79 Å². The van der Waals surface area contributed by atoms with Crippen LogP contribution in [0, 0.1) is 5.41 Å². The van der Waals surface area contributed by atoms with E-state index < -0.39 is 0 Å². The summed E-state index contributed by atoms with van der Waals surface area (Å²) in [5, 5.41) is 5.40. The normalized spacial score (nSPS) is 8.71. The first kappa shape index (κ1) is 15.8. The van der Waals surface area contributed by atoms with Crippen LogP contribution in [-0.4, -0.2) is 12.6 Å². The van der Waals surface area contributed by atoms with Crippen LogP contribution >= 0.6 is 0 Å². The van der Waals surface area contributed by atoms with Crippen molar-refractivity contribution in [3.63, 3.8) is 0 Å². The van der Waals surface area contributed by atoms with Crippen LogP contribution < -0.4 is 5.73 Å². The Morgan fingerprint density at radius 3 is 1.71 bits per heavy atom. The zero-order valence-corrected chi connectivity index (χ0v) is 9.35. The molecule has 0 aliphatic rings. The molecule has 0 heterocycles. The molecule has 0 unspecified atom stereocenters. The van der Waals surface area contributed by atoms with Crippen LogP contribution in [0.5, 0.6) is 0 Å². The molecule has 84 valence electrons. The molecule has 0 saturated carbocycles. The lowest BCUT2D eigenvalue weighted by Gasteiger charge is -1.99. The van der Waals surface area contributed by atoms with Gasteiger partial charge >= 0.3 is 0 Å². The predicted octanol–water partition coefficient (Wildman–Crippen LogP) is 2.99. The fourth-order valence-corrected chi connectivity index (χ4v) is 1.28. The molecule has 0 spiro atoms. The number of nitrogens with one attached hydrogen (secondary N) is 1. The maximum Gasteiger partial charge on any atom is 0.231 e. The van der Waals surface area contributed by atoms with Gasteiger partial charge in [0.2, 0.25) is 6.08 Å². The molecule has 0 atom stereocenters. The van der Waals surface area contributed by atoms with Crippen molar-refractivity contribution in [2.45, 2.75) is 58.3 Å². The third-order valence-corrected chi connectivity index (χ3v) is 2.06. The largest absolute Gasteiger partial charge is 0.330 e. The average molecular weight is 200 g/mol. The molecule has 0 aliphatic carbocycles. The number of rotatable bonds is 8. The van der Waals surface area contributed by atoms with Gasteiger partial charge in [-0.3, -0.25) is 0 Å². The van der Waals surface area contributed by atoms with Crippen LogP contribution in [0.1, 0.15) is 58.3 Å². The molecule has 0 rings (SSSR count). The van der Waals surface area contributed by atoms with Gasteiger partial charge < -0.3 is 5.73 Å². The molecule has 0 aromatic rings. The number of unbranched alkanes of at least 4 members (excludes halogenated alkanes) is 7. The summed E-state index contributed by atoms with van der Waals surface area (Å²) >= 11 is 0. The quantitative estimate of drug-likeness (QED) is 0.359. The third kappa shape index (κ3) is 22.5. The Kier molecular flexibility index (Phi) is 20.5. The minimum Gasteiger partial charge on any atom is -0.330 e. The minimum absolute atomic E-state index is 0.750. The Morgan fingerprint density at radius 1 is 1.00 bits per heavy atom. The average Bonchev–Trinajstić information content (AvgIpc) is 2.18. The van der Waals surface area contributed by atoms with E-state index in [1.54, 1.807) is 0 Å². The fraction of sp³-hybridized carbons (Fsp3) is 0.909. The molecule has 0 bridgehead atoms. The predicted molar refractivity (Wildman–Crippen MR) is 60.1 cm³/mol. The maximum atomic E-state index is 8.35. The van der Waals surface area contributed by atoms with E-state index in [0.717, 1.165) is 12.6 Å². The van der Waals surface area contributed by atoms with Crippen LogP contribution in [0.3, 0.4) is 0 Å². The summed E-state index contributed by atoms with van der Waals surface area (Å²) in [7, 11) is 0. The summed E-state index contributed by atoms with van der Waals surface area (Å²) in [6.45, 7) is 3.13. The number of hydrogen-bond donors (Lipinski definition) is 2. The Bertz CT molecular complexity index is 112. The monoisotopic (exact) mass is 200 g/mol. The molecular weight excluding hydrogens is 176 g/mol. The minimum atomic E-state index is 0.750. The molecule has 3 nitrogen and oxygen atoms in total. The van der Waals surface area contributed by atoms with E-state index >= 15 is 0 Å². The Labute approximate surface area is 87.6 Å². The van der Waals surface area contributed by atoms with E-state index in [1.165, 1.54) is 51.4 Å². The van der Waals surface area contributed by atoms with Gasteiger partial charge in [0.05, 0.1) is 0 Å². The summed E-state index contributed by atoms with van der Waals surface area (Å²) < 4.78 is 0. The van der Waals surface area contributed by atoms with E-state index in [1.807, 2.05) is 0 Å². The van der Waals surface area contributed by atoms with Crippen molar-refractivity contribution in [3.05, 3.63) is 0 Å². The Balaban J connectivity index is 0. The van der Waals surface area contributed by atoms with Crippen molar-refractivity contribution in [2.24, 2.45) is 5.73 Å². The van der Waals surface area contributed by atoms with E-state index in [2.05, 4.69) is 6.92 Å². The third-order valence-electron chi connectivity index (χ3n) is 2.06. The molecule has 0 aromatic carbocycles. The van der Waals surface area contributed by atoms with Crippen molar-refractivity contribution in [1.29, 1.82) is 5.41 Å². The van der Waals surface area contributed by atoms with Gasteiger partial charge in [-0.2, -0.15) is 0 Å². The summed E-state index contributed by atoms with van der Waals surface area (Å²) in [6.07, 6.45) is 11.7. The molecule has 0 amide bonds. The Morgan fingerprint density at radius 2 is 1.36 bits per heavy atom. The SMILES string of the molecule is CCCCCCCCCCN.N=C=O. The maximum absolute atomic E-state index is 8.35. The highest BCUT2D eigenvalue weighted by atomic mass is 16.1. The van der Waals surface area contributed by atoms with Gasteiger partial charge in [0.15, 0.2) is 0 Å². The molecule has 0 radical (unpaired) electrons. The summed E-state index contributed by atoms with van der Waals surface area (Å²) in [5.41, 5.74) is 5.39. The second kappa shape index (κ2) is 18.2. The molecule has 3 heteroatoms. The van der Waals surface area contributed by atoms with Crippen molar-refractivity contribution in [1.82, 2.24) is 0 Å². The second-order valence-electron chi connectivity index (χ2n) is 3.37. The van der Waals surface area contributed by atoms with E-state index in [4.69, 9.17) is 15.9 Å². The lowest BCUT2D eigenvalue weighted by Crippen LogP contribution is -1.97. The summed E-state index contributed by atoms with van der Waals surface area (Å²) in [5.74, 6) is 0. The highest BCUT2D eigenvalue weighted by molar-refractivity contribution is 5.26. The van der Waals surface area contributed by atoms with Crippen LogP contribution in [0.2, 0.25) is 0 Å². The first-order valence-electron chi connectivity index (χ1n) is 5.57.